The van der Waals surface area contributed by atoms with Crippen molar-refractivity contribution in [3.05, 3.63) is 54.1 Å². The van der Waals surface area contributed by atoms with Crippen LogP contribution in [0.15, 0.2) is 53.4 Å². The molecule has 33 heavy (non-hydrogen) atoms. The average Bonchev–Trinajstić information content (AvgIpc) is 3.28. The number of sulfonamides is 1. The first-order chi connectivity index (χ1) is 15.9. The van der Waals surface area contributed by atoms with Crippen molar-refractivity contribution in [2.75, 3.05) is 44.2 Å². The van der Waals surface area contributed by atoms with Crippen LogP contribution in [0.1, 0.15) is 37.0 Å². The van der Waals surface area contributed by atoms with Crippen LogP contribution < -0.4 is 4.90 Å². The Balaban J connectivity index is 1.40. The average molecular weight is 487 g/mol. The zero-order valence-electron chi connectivity index (χ0n) is 19.1. The lowest BCUT2D eigenvalue weighted by atomic mass is 10.2. The number of carbonyl (C=O) groups is 1. The summed E-state index contributed by atoms with van der Waals surface area (Å²) in [4.78, 5) is 22.0. The lowest BCUT2D eigenvalue weighted by Crippen LogP contribution is -2.48. The molecular weight excluding hydrogens is 456 g/mol. The molecule has 2 heterocycles. The number of thiazole rings is 1. The van der Waals surface area contributed by atoms with E-state index in [-0.39, 0.29) is 10.8 Å². The summed E-state index contributed by atoms with van der Waals surface area (Å²) in [6, 6.07) is 14.5. The number of benzene rings is 2. The Labute approximate surface area is 199 Å². The van der Waals surface area contributed by atoms with E-state index in [0.29, 0.717) is 31.7 Å². The van der Waals surface area contributed by atoms with E-state index >= 15 is 0 Å². The van der Waals surface area contributed by atoms with Crippen molar-refractivity contribution in [1.82, 2.24) is 14.2 Å². The summed E-state index contributed by atoms with van der Waals surface area (Å²) in [5, 5.41) is 0.988. The van der Waals surface area contributed by atoms with Crippen LogP contribution in [-0.2, 0) is 10.0 Å². The molecule has 0 N–H and O–H groups in total. The standard InChI is InChI=1S/C24H30N4O3S2/c1-3-13-28(14-4-2)33(30,31)20-11-9-19(10-12-20)23(29)26-15-17-27(18-16-26)24-25-21-7-5-6-8-22(21)32-24/h5-12H,3-4,13-18H2,1-2H3. The predicted octanol–water partition coefficient (Wildman–Crippen LogP) is 4.07. The number of nitrogens with zero attached hydrogens (tertiary/aromatic N) is 4. The number of aromatic nitrogens is 1. The minimum atomic E-state index is -3.55. The highest BCUT2D eigenvalue weighted by Crippen LogP contribution is 2.29. The van der Waals surface area contributed by atoms with Crippen molar-refractivity contribution in [1.29, 1.82) is 0 Å². The highest BCUT2D eigenvalue weighted by atomic mass is 32.2. The number of anilines is 1. The maximum absolute atomic E-state index is 13.0. The van der Waals surface area contributed by atoms with E-state index in [0.717, 1.165) is 41.3 Å². The molecule has 0 bridgehead atoms. The first-order valence-corrected chi connectivity index (χ1v) is 13.7. The van der Waals surface area contributed by atoms with Crippen molar-refractivity contribution in [3.8, 4) is 0 Å². The Morgan fingerprint density at radius 3 is 2.21 bits per heavy atom. The summed E-state index contributed by atoms with van der Waals surface area (Å²) in [5.74, 6) is -0.0677. The second-order valence-corrected chi connectivity index (χ2v) is 11.1. The number of amides is 1. The van der Waals surface area contributed by atoms with Crippen LogP contribution in [0, 0.1) is 0 Å². The van der Waals surface area contributed by atoms with E-state index in [1.807, 2.05) is 36.9 Å². The Morgan fingerprint density at radius 1 is 0.970 bits per heavy atom. The maximum Gasteiger partial charge on any atom is 0.253 e. The molecule has 0 aliphatic carbocycles. The van der Waals surface area contributed by atoms with Crippen LogP contribution >= 0.6 is 11.3 Å². The fourth-order valence-electron chi connectivity index (χ4n) is 4.05. The molecule has 0 atom stereocenters. The monoisotopic (exact) mass is 486 g/mol. The number of para-hydroxylation sites is 1. The lowest BCUT2D eigenvalue weighted by Gasteiger charge is -2.34. The van der Waals surface area contributed by atoms with Crippen LogP contribution in [0.25, 0.3) is 10.2 Å². The molecule has 0 unspecified atom stereocenters. The smallest absolute Gasteiger partial charge is 0.253 e. The topological polar surface area (TPSA) is 73.8 Å². The van der Waals surface area contributed by atoms with Gasteiger partial charge in [0.15, 0.2) is 5.13 Å². The molecule has 0 saturated carbocycles. The van der Waals surface area contributed by atoms with Crippen LogP contribution in [0.3, 0.4) is 0 Å². The lowest BCUT2D eigenvalue weighted by molar-refractivity contribution is 0.0746. The third kappa shape index (κ3) is 5.05. The molecule has 1 aliphatic rings. The van der Waals surface area contributed by atoms with Gasteiger partial charge < -0.3 is 9.80 Å². The molecule has 2 aromatic carbocycles. The fraction of sp³-hybridized carbons (Fsp3) is 0.417. The van der Waals surface area contributed by atoms with Crippen molar-refractivity contribution in [2.45, 2.75) is 31.6 Å². The minimum absolute atomic E-state index is 0.0677. The van der Waals surface area contributed by atoms with Crippen molar-refractivity contribution >= 4 is 42.6 Å². The van der Waals surface area contributed by atoms with Gasteiger partial charge in [-0.15, -0.1) is 0 Å². The zero-order valence-corrected chi connectivity index (χ0v) is 20.7. The Bertz CT molecular complexity index is 1160. The van der Waals surface area contributed by atoms with E-state index < -0.39 is 10.0 Å². The molecule has 4 rings (SSSR count). The van der Waals surface area contributed by atoms with Gasteiger partial charge in [0.1, 0.15) is 0 Å². The summed E-state index contributed by atoms with van der Waals surface area (Å²) in [5.41, 5.74) is 1.52. The van der Waals surface area contributed by atoms with Crippen molar-refractivity contribution in [2.24, 2.45) is 0 Å². The maximum atomic E-state index is 13.0. The van der Waals surface area contributed by atoms with E-state index in [4.69, 9.17) is 4.98 Å². The van der Waals surface area contributed by atoms with Crippen LogP contribution in [0.5, 0.6) is 0 Å². The van der Waals surface area contributed by atoms with Gasteiger partial charge in [-0.2, -0.15) is 4.31 Å². The molecule has 1 aliphatic heterocycles. The summed E-state index contributed by atoms with van der Waals surface area (Å²) in [6.07, 6.45) is 1.53. The second-order valence-electron chi connectivity index (χ2n) is 8.17. The number of hydrogen-bond acceptors (Lipinski definition) is 6. The Hall–Kier alpha value is -2.49. The van der Waals surface area contributed by atoms with Crippen LogP contribution in [-0.4, -0.2) is 67.8 Å². The van der Waals surface area contributed by atoms with Gasteiger partial charge in [-0.3, -0.25) is 4.79 Å². The van der Waals surface area contributed by atoms with Gasteiger partial charge in [-0.05, 0) is 49.2 Å². The molecule has 0 spiro atoms. The largest absolute Gasteiger partial charge is 0.345 e. The molecule has 1 amide bonds. The number of piperazine rings is 1. The first kappa shape index (κ1) is 23.7. The SMILES string of the molecule is CCCN(CCC)S(=O)(=O)c1ccc(C(=O)N2CCN(c3nc4ccccc4s3)CC2)cc1. The molecule has 1 fully saturated rings. The molecule has 176 valence electrons. The van der Waals surface area contributed by atoms with E-state index in [1.54, 1.807) is 35.6 Å². The Morgan fingerprint density at radius 2 is 1.61 bits per heavy atom. The predicted molar refractivity (Wildman–Crippen MR) is 134 cm³/mol. The third-order valence-electron chi connectivity index (χ3n) is 5.81. The Kier molecular flexibility index (Phi) is 7.31. The van der Waals surface area contributed by atoms with Crippen molar-refractivity contribution in [3.63, 3.8) is 0 Å². The molecule has 9 heteroatoms. The van der Waals surface area contributed by atoms with Gasteiger partial charge in [0.2, 0.25) is 10.0 Å². The zero-order chi connectivity index (χ0) is 23.4. The van der Waals surface area contributed by atoms with Gasteiger partial charge in [0.05, 0.1) is 15.1 Å². The molecule has 1 aromatic heterocycles. The van der Waals surface area contributed by atoms with E-state index in [9.17, 15) is 13.2 Å². The van der Waals surface area contributed by atoms with Gasteiger partial charge in [0, 0.05) is 44.8 Å². The first-order valence-electron chi connectivity index (χ1n) is 11.4. The number of hydrogen-bond donors (Lipinski definition) is 0. The number of carbonyl (C=O) groups excluding carboxylic acids is 1. The number of fused-ring (bicyclic) bond motifs is 1. The highest BCUT2D eigenvalue weighted by molar-refractivity contribution is 7.89. The minimum Gasteiger partial charge on any atom is -0.345 e. The van der Waals surface area contributed by atoms with Crippen LogP contribution in [0.4, 0.5) is 5.13 Å². The highest BCUT2D eigenvalue weighted by Gasteiger charge is 2.26. The summed E-state index contributed by atoms with van der Waals surface area (Å²) < 4.78 is 28.6. The molecule has 1 saturated heterocycles. The summed E-state index contributed by atoms with van der Waals surface area (Å²) in [6.45, 7) is 7.59. The quantitative estimate of drug-likeness (QED) is 0.480. The van der Waals surface area contributed by atoms with E-state index in [1.165, 1.54) is 4.31 Å². The van der Waals surface area contributed by atoms with Crippen LogP contribution in [0.2, 0.25) is 0 Å². The normalized spacial score (nSPS) is 14.9. The summed E-state index contributed by atoms with van der Waals surface area (Å²) in [7, 11) is -3.55. The molecule has 0 radical (unpaired) electrons. The van der Waals surface area contributed by atoms with Crippen molar-refractivity contribution < 1.29 is 13.2 Å². The third-order valence-corrected chi connectivity index (χ3v) is 8.82. The van der Waals surface area contributed by atoms with Gasteiger partial charge in [-0.1, -0.05) is 37.3 Å². The van der Waals surface area contributed by atoms with E-state index in [2.05, 4.69) is 11.0 Å². The van der Waals surface area contributed by atoms with Gasteiger partial charge >= 0.3 is 0 Å². The molecule has 7 nitrogen and oxygen atoms in total. The fourth-order valence-corrected chi connectivity index (χ4v) is 6.69. The second kappa shape index (κ2) is 10.2. The summed E-state index contributed by atoms with van der Waals surface area (Å²) >= 11 is 1.67. The van der Waals surface area contributed by atoms with Gasteiger partial charge in [0.25, 0.3) is 5.91 Å². The number of rotatable bonds is 8. The molecule has 3 aromatic rings. The van der Waals surface area contributed by atoms with Gasteiger partial charge in [-0.25, -0.2) is 13.4 Å². The molecular formula is C24H30N4O3S2.